The highest BCUT2D eigenvalue weighted by Crippen LogP contribution is 2.02. The molecule has 4 nitrogen and oxygen atoms in total. The fourth-order valence-electron chi connectivity index (χ4n) is 1.92. The molecule has 1 amide bonds. The molecule has 0 aliphatic carbocycles. The maximum Gasteiger partial charge on any atom is 0.234 e. The fraction of sp³-hybridized carbons (Fsp3) is 0.500. The number of nitrogens with one attached hydrogen (secondary N) is 1. The first-order valence-corrected chi connectivity index (χ1v) is 6.36. The van der Waals surface area contributed by atoms with Crippen LogP contribution in [0, 0.1) is 6.92 Å². The van der Waals surface area contributed by atoms with Crippen molar-refractivity contribution in [2.24, 2.45) is 0 Å². The average Bonchev–Trinajstić information content (AvgIpc) is 2.39. The molecule has 0 unspecified atom stereocenters. The van der Waals surface area contributed by atoms with Crippen molar-refractivity contribution in [3.05, 3.63) is 35.4 Å². The Kier molecular flexibility index (Phi) is 4.73. The zero-order valence-corrected chi connectivity index (χ0v) is 10.8. The van der Waals surface area contributed by atoms with Gasteiger partial charge in [-0.25, -0.2) is 0 Å². The number of carbonyl (C=O) groups is 1. The van der Waals surface area contributed by atoms with E-state index >= 15 is 0 Å². The Morgan fingerprint density at radius 3 is 2.61 bits per heavy atom. The van der Waals surface area contributed by atoms with Gasteiger partial charge in [-0.2, -0.15) is 0 Å². The maximum atomic E-state index is 11.8. The summed E-state index contributed by atoms with van der Waals surface area (Å²) in [5, 5.41) is 2.94. The number of morpholine rings is 1. The summed E-state index contributed by atoms with van der Waals surface area (Å²) in [5.74, 6) is 0.0810. The molecule has 1 heterocycles. The van der Waals surface area contributed by atoms with E-state index in [0.717, 1.165) is 31.9 Å². The van der Waals surface area contributed by atoms with Gasteiger partial charge in [0.25, 0.3) is 0 Å². The Balaban J connectivity index is 1.72. The van der Waals surface area contributed by atoms with E-state index in [1.165, 1.54) is 5.56 Å². The molecule has 1 aromatic rings. The number of benzene rings is 1. The number of hydrogen-bond acceptors (Lipinski definition) is 3. The number of hydrogen-bond donors (Lipinski definition) is 1. The quantitative estimate of drug-likeness (QED) is 0.862. The van der Waals surface area contributed by atoms with Gasteiger partial charge in [-0.15, -0.1) is 0 Å². The molecule has 4 heteroatoms. The SMILES string of the molecule is Cc1ccc(CNC(=O)CN2CCOCC2)cc1. The summed E-state index contributed by atoms with van der Waals surface area (Å²) in [6.07, 6.45) is 0. The van der Waals surface area contributed by atoms with Gasteiger partial charge in [-0.05, 0) is 12.5 Å². The molecule has 0 atom stereocenters. The summed E-state index contributed by atoms with van der Waals surface area (Å²) >= 11 is 0. The molecule has 18 heavy (non-hydrogen) atoms. The van der Waals surface area contributed by atoms with Crippen LogP contribution in [0.15, 0.2) is 24.3 Å². The van der Waals surface area contributed by atoms with Crippen molar-refractivity contribution in [1.82, 2.24) is 10.2 Å². The molecule has 1 aliphatic rings. The molecule has 1 N–H and O–H groups in total. The van der Waals surface area contributed by atoms with E-state index < -0.39 is 0 Å². The third kappa shape index (κ3) is 4.13. The van der Waals surface area contributed by atoms with Gasteiger partial charge in [0.15, 0.2) is 0 Å². The lowest BCUT2D eigenvalue weighted by molar-refractivity contribution is -0.123. The van der Waals surface area contributed by atoms with Crippen LogP contribution in [-0.2, 0) is 16.1 Å². The molecule has 0 bridgehead atoms. The second-order valence-electron chi connectivity index (χ2n) is 4.65. The molecule has 1 aliphatic heterocycles. The van der Waals surface area contributed by atoms with E-state index in [4.69, 9.17) is 4.74 Å². The fourth-order valence-corrected chi connectivity index (χ4v) is 1.92. The van der Waals surface area contributed by atoms with Crippen LogP contribution in [0.2, 0.25) is 0 Å². The monoisotopic (exact) mass is 248 g/mol. The predicted molar refractivity (Wildman–Crippen MR) is 70.3 cm³/mol. The summed E-state index contributed by atoms with van der Waals surface area (Å²) in [7, 11) is 0. The third-order valence-corrected chi connectivity index (χ3v) is 3.08. The van der Waals surface area contributed by atoms with E-state index in [9.17, 15) is 4.79 Å². The molecule has 0 radical (unpaired) electrons. The summed E-state index contributed by atoms with van der Waals surface area (Å²) in [5.41, 5.74) is 2.37. The van der Waals surface area contributed by atoms with Crippen LogP contribution < -0.4 is 5.32 Å². The molecule has 1 saturated heterocycles. The minimum Gasteiger partial charge on any atom is -0.379 e. The van der Waals surface area contributed by atoms with Crippen LogP contribution in [0.4, 0.5) is 0 Å². The summed E-state index contributed by atoms with van der Waals surface area (Å²) in [4.78, 5) is 13.9. The molecule has 1 fully saturated rings. The number of ether oxygens (including phenoxy) is 1. The zero-order valence-electron chi connectivity index (χ0n) is 10.8. The standard InChI is InChI=1S/C14H20N2O2/c1-12-2-4-13(5-3-12)10-15-14(17)11-16-6-8-18-9-7-16/h2-5H,6-11H2,1H3,(H,15,17). The average molecular weight is 248 g/mol. The molecule has 2 rings (SSSR count). The Labute approximate surface area is 108 Å². The van der Waals surface area contributed by atoms with Crippen LogP contribution in [0.1, 0.15) is 11.1 Å². The first-order chi connectivity index (χ1) is 8.74. The first kappa shape index (κ1) is 13.1. The van der Waals surface area contributed by atoms with E-state index in [-0.39, 0.29) is 5.91 Å². The molecule has 0 saturated carbocycles. The summed E-state index contributed by atoms with van der Waals surface area (Å²) in [6.45, 7) is 6.27. The highest BCUT2D eigenvalue weighted by atomic mass is 16.5. The topological polar surface area (TPSA) is 41.6 Å². The van der Waals surface area contributed by atoms with E-state index in [1.807, 2.05) is 12.1 Å². The van der Waals surface area contributed by atoms with Gasteiger partial charge in [-0.1, -0.05) is 29.8 Å². The smallest absolute Gasteiger partial charge is 0.234 e. The van der Waals surface area contributed by atoms with Crippen LogP contribution in [0.3, 0.4) is 0 Å². The molecule has 0 spiro atoms. The van der Waals surface area contributed by atoms with Crippen molar-refractivity contribution < 1.29 is 9.53 Å². The molecule has 1 aromatic carbocycles. The Bertz CT molecular complexity index is 383. The normalized spacial score (nSPS) is 16.5. The third-order valence-electron chi connectivity index (χ3n) is 3.08. The van der Waals surface area contributed by atoms with Crippen molar-refractivity contribution in [2.75, 3.05) is 32.8 Å². The Hall–Kier alpha value is -1.39. The second kappa shape index (κ2) is 6.52. The number of aryl methyl sites for hydroxylation is 1. The van der Waals surface area contributed by atoms with Crippen molar-refractivity contribution >= 4 is 5.91 Å². The molecule has 0 aromatic heterocycles. The van der Waals surface area contributed by atoms with Crippen LogP contribution in [0.5, 0.6) is 0 Å². The Morgan fingerprint density at radius 1 is 1.28 bits per heavy atom. The lowest BCUT2D eigenvalue weighted by Crippen LogP contribution is -2.43. The van der Waals surface area contributed by atoms with Gasteiger partial charge in [0.1, 0.15) is 0 Å². The number of nitrogens with zero attached hydrogens (tertiary/aromatic N) is 1. The van der Waals surface area contributed by atoms with E-state index in [0.29, 0.717) is 13.1 Å². The highest BCUT2D eigenvalue weighted by Gasteiger charge is 2.13. The number of carbonyl (C=O) groups excluding carboxylic acids is 1. The molecular formula is C14H20N2O2. The summed E-state index contributed by atoms with van der Waals surface area (Å²) in [6, 6.07) is 8.21. The lowest BCUT2D eigenvalue weighted by atomic mass is 10.1. The van der Waals surface area contributed by atoms with Crippen LogP contribution in [-0.4, -0.2) is 43.7 Å². The second-order valence-corrected chi connectivity index (χ2v) is 4.65. The predicted octanol–water partition coefficient (Wildman–Crippen LogP) is 0.943. The van der Waals surface area contributed by atoms with Crippen molar-refractivity contribution in [3.63, 3.8) is 0 Å². The van der Waals surface area contributed by atoms with Crippen molar-refractivity contribution in [3.8, 4) is 0 Å². The summed E-state index contributed by atoms with van der Waals surface area (Å²) < 4.78 is 5.25. The van der Waals surface area contributed by atoms with Gasteiger partial charge >= 0.3 is 0 Å². The maximum absolute atomic E-state index is 11.8. The van der Waals surface area contributed by atoms with Gasteiger partial charge in [0, 0.05) is 19.6 Å². The number of rotatable bonds is 4. The first-order valence-electron chi connectivity index (χ1n) is 6.36. The van der Waals surface area contributed by atoms with Crippen LogP contribution in [0.25, 0.3) is 0 Å². The Morgan fingerprint density at radius 2 is 1.94 bits per heavy atom. The number of amides is 1. The van der Waals surface area contributed by atoms with Gasteiger partial charge in [-0.3, -0.25) is 9.69 Å². The van der Waals surface area contributed by atoms with Crippen molar-refractivity contribution in [2.45, 2.75) is 13.5 Å². The zero-order chi connectivity index (χ0) is 12.8. The van der Waals surface area contributed by atoms with Crippen molar-refractivity contribution in [1.29, 1.82) is 0 Å². The molecular weight excluding hydrogens is 228 g/mol. The minimum atomic E-state index is 0.0810. The van der Waals surface area contributed by atoms with Gasteiger partial charge < -0.3 is 10.1 Å². The van der Waals surface area contributed by atoms with E-state index in [2.05, 4.69) is 29.3 Å². The minimum absolute atomic E-state index is 0.0810. The largest absolute Gasteiger partial charge is 0.379 e. The lowest BCUT2D eigenvalue weighted by Gasteiger charge is -2.25. The van der Waals surface area contributed by atoms with Gasteiger partial charge in [0.2, 0.25) is 5.91 Å². The molecule has 98 valence electrons. The van der Waals surface area contributed by atoms with Crippen LogP contribution >= 0.6 is 0 Å². The van der Waals surface area contributed by atoms with E-state index in [1.54, 1.807) is 0 Å². The van der Waals surface area contributed by atoms with Gasteiger partial charge in [0.05, 0.1) is 19.8 Å². The highest BCUT2D eigenvalue weighted by molar-refractivity contribution is 5.78.